The topological polar surface area (TPSA) is 15.3 Å². The number of halogens is 1. The molecule has 0 saturated carbocycles. The van der Waals surface area contributed by atoms with Crippen molar-refractivity contribution in [3.63, 3.8) is 0 Å². The molecule has 0 spiro atoms. The van der Waals surface area contributed by atoms with E-state index in [4.69, 9.17) is 11.6 Å². The minimum absolute atomic E-state index is 0.166. The maximum absolute atomic E-state index is 5.97. The fraction of sp³-hybridized carbons (Fsp3) is 0.500. The number of nitrogens with zero attached hydrogens (tertiary/aromatic N) is 1. The Labute approximate surface area is 140 Å². The van der Waals surface area contributed by atoms with Crippen LogP contribution in [0.1, 0.15) is 35.4 Å². The first kappa shape index (κ1) is 17.0. The number of hydrogen-bond acceptors (Lipinski definition) is 4. The van der Waals surface area contributed by atoms with Gasteiger partial charge in [0.25, 0.3) is 0 Å². The molecule has 2 nitrogen and oxygen atoms in total. The Hall–Kier alpha value is -0.390. The highest BCUT2D eigenvalue weighted by Crippen LogP contribution is 2.24. The maximum atomic E-state index is 5.97. The standard InChI is InChI=1S/C16H23ClN2S2/c1-16(2,3)18-9-12-5-6-13(20-12)10-19(4)11-14-7-8-15(17)21-14/h5-8,18H,9-11H2,1-4H3. The van der Waals surface area contributed by atoms with E-state index in [1.807, 2.05) is 17.4 Å². The highest BCUT2D eigenvalue weighted by atomic mass is 35.5. The number of hydrogen-bond donors (Lipinski definition) is 1. The van der Waals surface area contributed by atoms with Crippen LogP contribution < -0.4 is 5.32 Å². The predicted molar refractivity (Wildman–Crippen MR) is 95.4 cm³/mol. The maximum Gasteiger partial charge on any atom is 0.0931 e. The molecular formula is C16H23ClN2S2. The Morgan fingerprint density at radius 1 is 1.00 bits per heavy atom. The molecule has 2 heterocycles. The Morgan fingerprint density at radius 3 is 2.14 bits per heavy atom. The quantitative estimate of drug-likeness (QED) is 0.796. The number of nitrogens with one attached hydrogen (secondary N) is 1. The summed E-state index contributed by atoms with van der Waals surface area (Å²) < 4.78 is 0.866. The summed E-state index contributed by atoms with van der Waals surface area (Å²) in [5.74, 6) is 0. The molecule has 2 rings (SSSR count). The van der Waals surface area contributed by atoms with Gasteiger partial charge in [-0.05, 0) is 52.1 Å². The van der Waals surface area contributed by atoms with Gasteiger partial charge in [-0.1, -0.05) is 11.6 Å². The van der Waals surface area contributed by atoms with Crippen LogP contribution in [0.5, 0.6) is 0 Å². The summed E-state index contributed by atoms with van der Waals surface area (Å²) in [6.45, 7) is 9.46. The van der Waals surface area contributed by atoms with Crippen LogP contribution in [0.15, 0.2) is 24.3 Å². The van der Waals surface area contributed by atoms with E-state index < -0.39 is 0 Å². The first-order valence-electron chi connectivity index (χ1n) is 7.07. The van der Waals surface area contributed by atoms with Crippen molar-refractivity contribution < 1.29 is 0 Å². The lowest BCUT2D eigenvalue weighted by Crippen LogP contribution is -2.34. The highest BCUT2D eigenvalue weighted by Gasteiger charge is 2.10. The van der Waals surface area contributed by atoms with Crippen molar-refractivity contribution in [2.45, 2.75) is 45.9 Å². The van der Waals surface area contributed by atoms with Crippen molar-refractivity contribution in [2.75, 3.05) is 7.05 Å². The Balaban J connectivity index is 1.84. The molecule has 0 saturated heterocycles. The van der Waals surface area contributed by atoms with Crippen LogP contribution in [0, 0.1) is 0 Å². The molecule has 0 radical (unpaired) electrons. The molecule has 0 aromatic carbocycles. The van der Waals surface area contributed by atoms with E-state index in [0.29, 0.717) is 0 Å². The molecule has 5 heteroatoms. The second-order valence-corrected chi connectivity index (χ2v) is 9.40. The fourth-order valence-electron chi connectivity index (χ4n) is 1.98. The summed E-state index contributed by atoms with van der Waals surface area (Å²) >= 11 is 9.52. The molecule has 2 aromatic rings. The third-order valence-corrected chi connectivity index (χ3v) is 5.28. The zero-order valence-corrected chi connectivity index (χ0v) is 15.5. The summed E-state index contributed by atoms with van der Waals surface area (Å²) in [5.41, 5.74) is 0.166. The normalized spacial score (nSPS) is 12.3. The van der Waals surface area contributed by atoms with E-state index in [2.05, 4.69) is 56.2 Å². The van der Waals surface area contributed by atoms with Gasteiger partial charge in [0.05, 0.1) is 4.34 Å². The molecule has 21 heavy (non-hydrogen) atoms. The minimum atomic E-state index is 0.166. The summed E-state index contributed by atoms with van der Waals surface area (Å²) in [4.78, 5) is 6.45. The van der Waals surface area contributed by atoms with Gasteiger partial charge in [-0.15, -0.1) is 22.7 Å². The van der Waals surface area contributed by atoms with Crippen LogP contribution in [0.25, 0.3) is 0 Å². The number of thiophene rings is 2. The van der Waals surface area contributed by atoms with Gasteiger partial charge in [-0.2, -0.15) is 0 Å². The Bertz CT molecular complexity index is 569. The van der Waals surface area contributed by atoms with E-state index in [1.165, 1.54) is 14.6 Å². The van der Waals surface area contributed by atoms with Gasteiger partial charge in [0.2, 0.25) is 0 Å². The van der Waals surface area contributed by atoms with Crippen molar-refractivity contribution >= 4 is 34.3 Å². The molecule has 0 atom stereocenters. The zero-order valence-electron chi connectivity index (χ0n) is 13.1. The lowest BCUT2D eigenvalue weighted by molar-refractivity contribution is 0.325. The average Bonchev–Trinajstić information content (AvgIpc) is 2.95. The second-order valence-electron chi connectivity index (χ2n) is 6.35. The lowest BCUT2D eigenvalue weighted by atomic mass is 10.1. The molecule has 0 aliphatic carbocycles. The Morgan fingerprint density at radius 2 is 1.57 bits per heavy atom. The van der Waals surface area contributed by atoms with Crippen LogP contribution in [0.3, 0.4) is 0 Å². The van der Waals surface area contributed by atoms with Crippen molar-refractivity contribution in [1.29, 1.82) is 0 Å². The third kappa shape index (κ3) is 6.09. The van der Waals surface area contributed by atoms with Crippen LogP contribution >= 0.6 is 34.3 Å². The van der Waals surface area contributed by atoms with Crippen molar-refractivity contribution in [1.82, 2.24) is 10.2 Å². The van der Waals surface area contributed by atoms with Gasteiger partial charge in [-0.25, -0.2) is 0 Å². The Kier molecular flexibility index (Phi) is 5.86. The van der Waals surface area contributed by atoms with Gasteiger partial charge < -0.3 is 5.32 Å². The molecule has 0 unspecified atom stereocenters. The predicted octanol–water partition coefficient (Wildman–Crippen LogP) is 4.98. The summed E-state index contributed by atoms with van der Waals surface area (Å²) in [6, 6.07) is 8.55. The molecular weight excluding hydrogens is 320 g/mol. The zero-order chi connectivity index (χ0) is 15.5. The fourth-order valence-corrected chi connectivity index (χ4v) is 4.19. The van der Waals surface area contributed by atoms with Gasteiger partial charge in [0.15, 0.2) is 0 Å². The second kappa shape index (κ2) is 7.25. The van der Waals surface area contributed by atoms with Gasteiger partial charge in [-0.3, -0.25) is 4.90 Å². The van der Waals surface area contributed by atoms with Crippen molar-refractivity contribution in [2.24, 2.45) is 0 Å². The van der Waals surface area contributed by atoms with E-state index in [0.717, 1.165) is 24.0 Å². The van der Waals surface area contributed by atoms with Crippen molar-refractivity contribution in [3.05, 3.63) is 43.2 Å². The summed E-state index contributed by atoms with van der Waals surface area (Å²) in [6.07, 6.45) is 0. The van der Waals surface area contributed by atoms with Crippen LogP contribution in [0.2, 0.25) is 4.34 Å². The SMILES string of the molecule is CN(Cc1ccc(Cl)s1)Cc1ccc(CNC(C)(C)C)s1. The van der Waals surface area contributed by atoms with Crippen LogP contribution in [0.4, 0.5) is 0 Å². The molecule has 0 fully saturated rings. The smallest absolute Gasteiger partial charge is 0.0931 e. The van der Waals surface area contributed by atoms with E-state index >= 15 is 0 Å². The van der Waals surface area contributed by atoms with Gasteiger partial charge >= 0.3 is 0 Å². The lowest BCUT2D eigenvalue weighted by Gasteiger charge is -2.19. The van der Waals surface area contributed by atoms with Crippen molar-refractivity contribution in [3.8, 4) is 0 Å². The van der Waals surface area contributed by atoms with E-state index in [1.54, 1.807) is 11.3 Å². The first-order chi connectivity index (χ1) is 9.82. The molecule has 1 N–H and O–H groups in total. The van der Waals surface area contributed by atoms with E-state index in [9.17, 15) is 0 Å². The molecule has 0 aliphatic heterocycles. The largest absolute Gasteiger partial charge is 0.307 e. The molecule has 0 amide bonds. The molecule has 0 aliphatic rings. The van der Waals surface area contributed by atoms with Gasteiger partial charge in [0.1, 0.15) is 0 Å². The minimum Gasteiger partial charge on any atom is -0.307 e. The number of rotatable bonds is 6. The molecule has 116 valence electrons. The highest BCUT2D eigenvalue weighted by molar-refractivity contribution is 7.16. The average molecular weight is 343 g/mol. The molecule has 2 aromatic heterocycles. The molecule has 0 bridgehead atoms. The monoisotopic (exact) mass is 342 g/mol. The summed E-state index contributed by atoms with van der Waals surface area (Å²) in [7, 11) is 2.15. The van der Waals surface area contributed by atoms with Crippen LogP contribution in [-0.4, -0.2) is 17.5 Å². The van der Waals surface area contributed by atoms with Gasteiger partial charge in [0, 0.05) is 39.8 Å². The first-order valence-corrected chi connectivity index (χ1v) is 9.08. The van der Waals surface area contributed by atoms with E-state index in [-0.39, 0.29) is 5.54 Å². The van der Waals surface area contributed by atoms with Crippen LogP contribution in [-0.2, 0) is 19.6 Å². The third-order valence-electron chi connectivity index (χ3n) is 2.99. The summed E-state index contributed by atoms with van der Waals surface area (Å²) in [5, 5.41) is 3.53.